The minimum Gasteiger partial charge on any atom is -0.486 e. The molecule has 1 fully saturated rings. The summed E-state index contributed by atoms with van der Waals surface area (Å²) in [6, 6.07) is 8.68. The van der Waals surface area contributed by atoms with E-state index >= 15 is 0 Å². The number of halogens is 2. The molecule has 0 radical (unpaired) electrons. The summed E-state index contributed by atoms with van der Waals surface area (Å²) in [4.78, 5) is 0. The molecule has 1 aliphatic heterocycles. The van der Waals surface area contributed by atoms with Crippen LogP contribution in [0.4, 0.5) is 8.78 Å². The van der Waals surface area contributed by atoms with Gasteiger partial charge in [-0.15, -0.1) is 0 Å². The summed E-state index contributed by atoms with van der Waals surface area (Å²) < 4.78 is 48.4. The van der Waals surface area contributed by atoms with E-state index in [-0.39, 0.29) is 12.4 Å². The molecule has 4 nitrogen and oxygen atoms in total. The van der Waals surface area contributed by atoms with Crippen molar-refractivity contribution < 1.29 is 19.6 Å². The fraction of sp³-hybridized carbons (Fsp3) is 0.350. The lowest BCUT2D eigenvalue weighted by molar-refractivity contribution is -0.0366. The second kappa shape index (κ2) is 7.03. The number of rotatable bonds is 4. The highest BCUT2D eigenvalue weighted by molar-refractivity contribution is 5.80. The number of fused-ring (bicyclic) bond motifs is 1. The first-order chi connectivity index (χ1) is 13.0. The predicted molar refractivity (Wildman–Crippen MR) is 94.0 cm³/mol. The zero-order valence-electron chi connectivity index (χ0n) is 15.4. The van der Waals surface area contributed by atoms with Crippen molar-refractivity contribution >= 4 is 10.9 Å². The Bertz CT molecular complexity index is 950. The fourth-order valence-corrected chi connectivity index (χ4v) is 3.26. The lowest BCUT2D eigenvalue weighted by Gasteiger charge is -2.23. The molecule has 3 aromatic rings. The summed E-state index contributed by atoms with van der Waals surface area (Å²) in [5.74, 6) is -0.770. The second-order valence-electron chi connectivity index (χ2n) is 6.52. The van der Waals surface area contributed by atoms with Crippen molar-refractivity contribution in [2.45, 2.75) is 38.5 Å². The van der Waals surface area contributed by atoms with E-state index in [1.807, 2.05) is 6.07 Å². The highest BCUT2D eigenvalue weighted by Gasteiger charge is 2.19. The summed E-state index contributed by atoms with van der Waals surface area (Å²) in [5.41, 5.74) is 1.22. The van der Waals surface area contributed by atoms with E-state index in [9.17, 15) is 8.78 Å². The third kappa shape index (κ3) is 3.42. The average molecular weight is 359 g/mol. The molecule has 2 atom stereocenters. The van der Waals surface area contributed by atoms with Crippen molar-refractivity contribution in [1.29, 1.82) is 0 Å². The van der Waals surface area contributed by atoms with E-state index in [4.69, 9.17) is 10.8 Å². The molecule has 26 heavy (non-hydrogen) atoms. The van der Waals surface area contributed by atoms with Gasteiger partial charge in [-0.3, -0.25) is 0 Å². The first-order valence-corrected chi connectivity index (χ1v) is 8.74. The highest BCUT2D eigenvalue weighted by atomic mass is 19.1. The van der Waals surface area contributed by atoms with Crippen molar-refractivity contribution in [3.63, 3.8) is 0 Å². The van der Waals surface area contributed by atoms with Crippen LogP contribution in [0, 0.1) is 11.6 Å². The largest absolute Gasteiger partial charge is 0.486 e. The van der Waals surface area contributed by atoms with Gasteiger partial charge >= 0.3 is 0 Å². The second-order valence-corrected chi connectivity index (χ2v) is 6.52. The molecule has 0 spiro atoms. The van der Waals surface area contributed by atoms with Crippen LogP contribution in [0.3, 0.4) is 0 Å². The summed E-state index contributed by atoms with van der Waals surface area (Å²) in [6.07, 6.45) is 2.44. The lowest BCUT2D eigenvalue weighted by atomic mass is 10.1. The number of aromatic nitrogens is 2. The SMILES string of the molecule is [2H]c1nn(C2CCCCO2)c2ccc(OC(C)c3cc(F)cc(F)c3)cc12. The molecule has 6 heteroatoms. The molecule has 2 aromatic carbocycles. The third-order valence-electron chi connectivity index (χ3n) is 4.59. The number of nitrogens with zero attached hydrogens (tertiary/aromatic N) is 2. The van der Waals surface area contributed by atoms with Gasteiger partial charge in [-0.25, -0.2) is 13.5 Å². The molecule has 2 heterocycles. The van der Waals surface area contributed by atoms with Crippen LogP contribution in [0.2, 0.25) is 0 Å². The zero-order valence-corrected chi connectivity index (χ0v) is 14.4. The van der Waals surface area contributed by atoms with E-state index in [2.05, 4.69) is 5.10 Å². The van der Waals surface area contributed by atoms with E-state index in [1.165, 1.54) is 12.1 Å². The van der Waals surface area contributed by atoms with Crippen LogP contribution in [0.5, 0.6) is 5.75 Å². The first-order valence-electron chi connectivity index (χ1n) is 9.24. The summed E-state index contributed by atoms with van der Waals surface area (Å²) >= 11 is 0. The Morgan fingerprint density at radius 1 is 1.23 bits per heavy atom. The normalized spacial score (nSPS) is 19.3. The summed E-state index contributed by atoms with van der Waals surface area (Å²) in [6.45, 7) is 2.42. The van der Waals surface area contributed by atoms with Gasteiger partial charge in [0.2, 0.25) is 0 Å². The molecule has 1 aliphatic rings. The van der Waals surface area contributed by atoms with Crippen LogP contribution in [0.25, 0.3) is 10.9 Å². The zero-order chi connectivity index (χ0) is 19.0. The predicted octanol–water partition coefficient (Wildman–Crippen LogP) is 5.15. The van der Waals surface area contributed by atoms with Crippen LogP contribution in [-0.4, -0.2) is 16.4 Å². The van der Waals surface area contributed by atoms with Crippen molar-refractivity contribution in [2.24, 2.45) is 0 Å². The topological polar surface area (TPSA) is 36.3 Å². The maximum Gasteiger partial charge on any atom is 0.150 e. The van der Waals surface area contributed by atoms with Gasteiger partial charge in [0.1, 0.15) is 23.5 Å². The molecule has 1 saturated heterocycles. The molecule has 0 N–H and O–H groups in total. The lowest BCUT2D eigenvalue weighted by Crippen LogP contribution is -2.18. The Morgan fingerprint density at radius 2 is 2.04 bits per heavy atom. The minimum atomic E-state index is -0.641. The Labute approximate surface area is 151 Å². The molecule has 0 bridgehead atoms. The quantitative estimate of drug-likeness (QED) is 0.646. The molecule has 2 unspecified atom stereocenters. The van der Waals surface area contributed by atoms with Crippen molar-refractivity contribution in [3.05, 3.63) is 59.8 Å². The van der Waals surface area contributed by atoms with Crippen LogP contribution in [-0.2, 0) is 4.74 Å². The Morgan fingerprint density at radius 3 is 2.77 bits per heavy atom. The van der Waals surface area contributed by atoms with Crippen LogP contribution in [0.15, 0.2) is 42.6 Å². The van der Waals surface area contributed by atoms with Crippen molar-refractivity contribution in [2.75, 3.05) is 6.61 Å². The van der Waals surface area contributed by atoms with E-state index in [0.29, 0.717) is 23.3 Å². The standard InChI is InChI=1S/C20H20F2N2O2/c1-13(14-8-16(21)11-17(22)9-14)26-18-5-6-19-15(10-18)12-23-24(19)20-4-2-3-7-25-20/h5-6,8-13,20H,2-4,7H2,1H3/i12D. The van der Waals surface area contributed by atoms with Crippen LogP contribution < -0.4 is 4.74 Å². The van der Waals surface area contributed by atoms with Gasteiger partial charge in [0.05, 0.1) is 13.1 Å². The smallest absolute Gasteiger partial charge is 0.150 e. The maximum atomic E-state index is 13.4. The molecule has 0 aliphatic carbocycles. The molecule has 0 amide bonds. The number of benzene rings is 2. The first kappa shape index (κ1) is 15.8. The Kier molecular flexibility index (Phi) is 4.26. The Balaban J connectivity index is 1.60. The van der Waals surface area contributed by atoms with E-state index in [1.54, 1.807) is 23.7 Å². The average Bonchev–Trinajstić information content (AvgIpc) is 2.98. The number of hydrogen-bond acceptors (Lipinski definition) is 3. The van der Waals surface area contributed by atoms with Gasteiger partial charge in [-0.2, -0.15) is 5.10 Å². The third-order valence-corrected chi connectivity index (χ3v) is 4.59. The fourth-order valence-electron chi connectivity index (χ4n) is 3.26. The van der Waals surface area contributed by atoms with E-state index < -0.39 is 17.7 Å². The van der Waals surface area contributed by atoms with Gasteiger partial charge in [-0.1, -0.05) is 0 Å². The molecule has 136 valence electrons. The van der Waals surface area contributed by atoms with Gasteiger partial charge in [0.15, 0.2) is 6.23 Å². The monoisotopic (exact) mass is 359 g/mol. The van der Waals surface area contributed by atoms with E-state index in [0.717, 1.165) is 30.8 Å². The molecule has 0 saturated carbocycles. The highest BCUT2D eigenvalue weighted by Crippen LogP contribution is 2.30. The molecule has 4 rings (SSSR count). The van der Waals surface area contributed by atoms with Gasteiger partial charge < -0.3 is 9.47 Å². The van der Waals surface area contributed by atoms with Crippen LogP contribution in [0.1, 0.15) is 45.5 Å². The number of ether oxygens (including phenoxy) is 2. The van der Waals surface area contributed by atoms with Crippen molar-refractivity contribution in [1.82, 2.24) is 9.78 Å². The van der Waals surface area contributed by atoms with Gasteiger partial charge in [0, 0.05) is 18.1 Å². The molecular weight excluding hydrogens is 338 g/mol. The molecular formula is C20H20F2N2O2. The Hall–Kier alpha value is -2.47. The van der Waals surface area contributed by atoms with Crippen molar-refractivity contribution in [3.8, 4) is 5.75 Å². The van der Waals surface area contributed by atoms with Crippen LogP contribution >= 0.6 is 0 Å². The number of hydrogen-bond donors (Lipinski definition) is 0. The maximum absolute atomic E-state index is 13.4. The summed E-state index contributed by atoms with van der Waals surface area (Å²) in [5, 5.41) is 4.97. The van der Waals surface area contributed by atoms with Gasteiger partial charge in [0.25, 0.3) is 0 Å². The molecule has 1 aromatic heterocycles. The summed E-state index contributed by atoms with van der Waals surface area (Å²) in [7, 11) is 0. The minimum absolute atomic E-state index is 0.147. The van der Waals surface area contributed by atoms with Gasteiger partial charge in [-0.05, 0) is 62.1 Å².